The maximum absolute atomic E-state index is 12.2. The van der Waals surface area contributed by atoms with Gasteiger partial charge in [-0.2, -0.15) is 0 Å². The number of aryl methyl sites for hydroxylation is 1. The Bertz CT molecular complexity index is 832. The zero-order valence-electron chi connectivity index (χ0n) is 12.8. The van der Waals surface area contributed by atoms with Crippen molar-refractivity contribution in [2.45, 2.75) is 12.8 Å². The number of carbonyl (C=O) groups excluding carboxylic acids is 1. The summed E-state index contributed by atoms with van der Waals surface area (Å²) in [5.41, 5.74) is 3.17. The molecule has 3 rings (SSSR count). The fourth-order valence-electron chi connectivity index (χ4n) is 2.66. The van der Waals surface area contributed by atoms with Gasteiger partial charge in [-0.1, -0.05) is 30.3 Å². The Morgan fingerprint density at radius 3 is 2.61 bits per heavy atom. The minimum atomic E-state index is -3.43. The average molecular weight is 330 g/mol. The summed E-state index contributed by atoms with van der Waals surface area (Å²) in [7, 11) is -1.71. The molecule has 23 heavy (non-hydrogen) atoms. The van der Waals surface area contributed by atoms with Crippen molar-refractivity contribution in [1.82, 2.24) is 0 Å². The highest BCUT2D eigenvalue weighted by Gasteiger charge is 2.24. The number of sulfonamides is 1. The first-order chi connectivity index (χ1) is 10.9. The quantitative estimate of drug-likeness (QED) is 0.914. The molecule has 0 radical (unpaired) electrons. The third kappa shape index (κ3) is 3.53. The number of hydrogen-bond acceptors (Lipinski definition) is 3. The first-order valence-corrected chi connectivity index (χ1v) is 9.04. The van der Waals surface area contributed by atoms with E-state index in [1.54, 1.807) is 30.1 Å². The van der Waals surface area contributed by atoms with E-state index < -0.39 is 10.0 Å². The largest absolute Gasteiger partial charge is 0.315 e. The summed E-state index contributed by atoms with van der Waals surface area (Å²) in [6.45, 7) is 0. The molecule has 0 atom stereocenters. The third-order valence-electron chi connectivity index (χ3n) is 3.93. The lowest BCUT2D eigenvalue weighted by Crippen LogP contribution is -2.20. The lowest BCUT2D eigenvalue weighted by molar-refractivity contribution is -0.117. The Morgan fingerprint density at radius 2 is 1.87 bits per heavy atom. The number of nitrogens with one attached hydrogen (secondary N) is 1. The minimum absolute atomic E-state index is 0.0177. The zero-order valence-corrected chi connectivity index (χ0v) is 13.6. The number of likely N-dealkylation sites (N-methyl/N-ethyl adjacent to an activating group) is 1. The van der Waals surface area contributed by atoms with Crippen LogP contribution in [0, 0.1) is 0 Å². The molecule has 120 valence electrons. The van der Waals surface area contributed by atoms with Crippen LogP contribution < -0.4 is 9.62 Å². The van der Waals surface area contributed by atoms with Crippen molar-refractivity contribution in [3.63, 3.8) is 0 Å². The Hall–Kier alpha value is -2.34. The van der Waals surface area contributed by atoms with E-state index in [1.807, 2.05) is 30.3 Å². The molecule has 5 nitrogen and oxygen atoms in total. The van der Waals surface area contributed by atoms with Crippen molar-refractivity contribution < 1.29 is 13.2 Å². The van der Waals surface area contributed by atoms with Crippen molar-refractivity contribution in [1.29, 1.82) is 0 Å². The molecule has 1 aliphatic heterocycles. The van der Waals surface area contributed by atoms with Gasteiger partial charge in [0.2, 0.25) is 15.9 Å². The standard InChI is InChI=1S/C17H18N2O3S/c1-19-16-8-7-15(11-14(16)12-17(19)20)18-23(21,22)10-9-13-5-3-2-4-6-13/h2-8,11,18H,9-10,12H2,1H3. The summed E-state index contributed by atoms with van der Waals surface area (Å²) >= 11 is 0. The fourth-order valence-corrected chi connectivity index (χ4v) is 3.75. The summed E-state index contributed by atoms with van der Waals surface area (Å²) in [6, 6.07) is 14.7. The van der Waals surface area contributed by atoms with Gasteiger partial charge in [0.15, 0.2) is 0 Å². The van der Waals surface area contributed by atoms with Crippen molar-refractivity contribution >= 4 is 27.3 Å². The van der Waals surface area contributed by atoms with Crippen molar-refractivity contribution in [2.75, 3.05) is 22.4 Å². The molecule has 1 heterocycles. The Balaban J connectivity index is 1.69. The number of hydrogen-bond donors (Lipinski definition) is 1. The van der Waals surface area contributed by atoms with Crippen LogP contribution in [0.2, 0.25) is 0 Å². The van der Waals surface area contributed by atoms with Crippen LogP contribution in [0.15, 0.2) is 48.5 Å². The van der Waals surface area contributed by atoms with Crippen LogP contribution in [0.3, 0.4) is 0 Å². The molecule has 6 heteroatoms. The smallest absolute Gasteiger partial charge is 0.233 e. The highest BCUT2D eigenvalue weighted by Crippen LogP contribution is 2.30. The Kier molecular flexibility index (Phi) is 4.09. The average Bonchev–Trinajstić information content (AvgIpc) is 2.80. The van der Waals surface area contributed by atoms with Crippen LogP contribution in [0.1, 0.15) is 11.1 Å². The summed E-state index contributed by atoms with van der Waals surface area (Å²) in [5.74, 6) is 0.0384. The van der Waals surface area contributed by atoms with E-state index in [-0.39, 0.29) is 11.7 Å². The number of carbonyl (C=O) groups is 1. The normalized spacial score (nSPS) is 14.0. The third-order valence-corrected chi connectivity index (χ3v) is 5.22. The first kappa shape index (κ1) is 15.6. The number of amides is 1. The molecule has 0 bridgehead atoms. The van der Waals surface area contributed by atoms with Crippen molar-refractivity contribution in [2.24, 2.45) is 0 Å². The van der Waals surface area contributed by atoms with Crippen LogP contribution in [0.5, 0.6) is 0 Å². The van der Waals surface area contributed by atoms with E-state index in [4.69, 9.17) is 0 Å². The van der Waals surface area contributed by atoms with Gasteiger partial charge in [-0.05, 0) is 35.7 Å². The predicted octanol–water partition coefficient (Wildman–Crippen LogP) is 2.19. The maximum Gasteiger partial charge on any atom is 0.233 e. The minimum Gasteiger partial charge on any atom is -0.315 e. The molecule has 0 saturated carbocycles. The Morgan fingerprint density at radius 1 is 1.13 bits per heavy atom. The van der Waals surface area contributed by atoms with Crippen LogP contribution in [0.25, 0.3) is 0 Å². The predicted molar refractivity (Wildman–Crippen MR) is 91.1 cm³/mol. The zero-order chi connectivity index (χ0) is 16.4. The lowest BCUT2D eigenvalue weighted by Gasteiger charge is -2.12. The number of nitrogens with zero attached hydrogens (tertiary/aromatic N) is 1. The van der Waals surface area contributed by atoms with E-state index in [2.05, 4.69) is 4.72 Å². The highest BCUT2D eigenvalue weighted by atomic mass is 32.2. The second-order valence-electron chi connectivity index (χ2n) is 5.63. The van der Waals surface area contributed by atoms with Gasteiger partial charge in [-0.25, -0.2) is 8.42 Å². The Labute approximate surface area is 136 Å². The van der Waals surface area contributed by atoms with E-state index >= 15 is 0 Å². The molecule has 0 fully saturated rings. The number of fused-ring (bicyclic) bond motifs is 1. The summed E-state index contributed by atoms with van der Waals surface area (Å²) in [4.78, 5) is 13.3. The van der Waals surface area contributed by atoms with Crippen LogP contribution in [-0.4, -0.2) is 27.1 Å². The molecule has 1 aliphatic rings. The lowest BCUT2D eigenvalue weighted by atomic mass is 10.1. The monoisotopic (exact) mass is 330 g/mol. The van der Waals surface area contributed by atoms with Crippen LogP contribution in [0.4, 0.5) is 11.4 Å². The van der Waals surface area contributed by atoms with Gasteiger partial charge in [-0.15, -0.1) is 0 Å². The molecule has 0 spiro atoms. The van der Waals surface area contributed by atoms with E-state index in [0.29, 0.717) is 18.5 Å². The summed E-state index contributed by atoms with van der Waals surface area (Å²) < 4.78 is 27.0. The molecule has 0 aromatic heterocycles. The number of benzene rings is 2. The van der Waals surface area contributed by atoms with Gasteiger partial charge in [0.05, 0.1) is 12.2 Å². The second kappa shape index (κ2) is 6.04. The van der Waals surface area contributed by atoms with Crippen LogP contribution >= 0.6 is 0 Å². The first-order valence-electron chi connectivity index (χ1n) is 7.38. The van der Waals surface area contributed by atoms with E-state index in [1.165, 1.54) is 0 Å². The molecular weight excluding hydrogens is 312 g/mol. The summed E-state index contributed by atoms with van der Waals surface area (Å²) in [5, 5.41) is 0. The maximum atomic E-state index is 12.2. The number of rotatable bonds is 5. The van der Waals surface area contributed by atoms with Gasteiger partial charge in [0.25, 0.3) is 0 Å². The van der Waals surface area contributed by atoms with E-state index in [0.717, 1.165) is 16.8 Å². The molecule has 2 aromatic rings. The van der Waals surface area contributed by atoms with E-state index in [9.17, 15) is 13.2 Å². The van der Waals surface area contributed by atoms with Gasteiger partial charge in [0.1, 0.15) is 0 Å². The molecule has 0 saturated heterocycles. The topological polar surface area (TPSA) is 66.5 Å². The number of anilines is 2. The molecule has 2 aromatic carbocycles. The molecular formula is C17H18N2O3S. The van der Waals surface area contributed by atoms with Crippen molar-refractivity contribution in [3.8, 4) is 0 Å². The molecule has 1 amide bonds. The highest BCUT2D eigenvalue weighted by molar-refractivity contribution is 7.92. The van der Waals surface area contributed by atoms with Crippen LogP contribution in [-0.2, 0) is 27.7 Å². The van der Waals surface area contributed by atoms with Gasteiger partial charge in [-0.3, -0.25) is 9.52 Å². The van der Waals surface area contributed by atoms with Gasteiger partial charge >= 0.3 is 0 Å². The SMILES string of the molecule is CN1C(=O)Cc2cc(NS(=O)(=O)CCc3ccccc3)ccc21. The molecule has 1 N–H and O–H groups in total. The van der Waals surface area contributed by atoms with Gasteiger partial charge < -0.3 is 4.90 Å². The second-order valence-corrected chi connectivity index (χ2v) is 7.47. The van der Waals surface area contributed by atoms with Gasteiger partial charge in [0, 0.05) is 18.4 Å². The molecule has 0 unspecified atom stereocenters. The van der Waals surface area contributed by atoms with Crippen molar-refractivity contribution in [3.05, 3.63) is 59.7 Å². The fraction of sp³-hybridized carbons (Fsp3) is 0.235. The molecule has 0 aliphatic carbocycles. The summed E-state index contributed by atoms with van der Waals surface area (Å²) in [6.07, 6.45) is 0.772.